The first-order valence-electron chi connectivity index (χ1n) is 10.2. The average molecular weight is 370 g/mol. The third-order valence-corrected chi connectivity index (χ3v) is 6.14. The number of benzene rings is 2. The van der Waals surface area contributed by atoms with Gasteiger partial charge in [0.15, 0.2) is 0 Å². The molecule has 146 valence electrons. The molecule has 1 aliphatic carbocycles. The number of rotatable bonds is 7. The van der Waals surface area contributed by atoms with E-state index in [1.165, 1.54) is 11.6 Å². The molecule has 1 N–H and O–H groups in total. The van der Waals surface area contributed by atoms with Gasteiger partial charge in [0.2, 0.25) is 0 Å². The van der Waals surface area contributed by atoms with Crippen LogP contribution in [-0.4, -0.2) is 29.7 Å². The van der Waals surface area contributed by atoms with Gasteiger partial charge in [0.25, 0.3) is 0 Å². The van der Waals surface area contributed by atoms with E-state index in [1.54, 1.807) is 6.07 Å². The monoisotopic (exact) mass is 369 g/mol. The number of aryl methyl sites for hydroxylation is 1. The first-order valence-corrected chi connectivity index (χ1v) is 10.2. The fourth-order valence-corrected chi connectivity index (χ4v) is 4.82. The summed E-state index contributed by atoms with van der Waals surface area (Å²) in [5, 5.41) is 11.6. The van der Waals surface area contributed by atoms with Gasteiger partial charge >= 0.3 is 0 Å². The minimum Gasteiger partial charge on any atom is -0.390 e. The molecule has 1 saturated carbocycles. The third-order valence-electron chi connectivity index (χ3n) is 6.14. The van der Waals surface area contributed by atoms with Crippen LogP contribution in [0.2, 0.25) is 0 Å². The summed E-state index contributed by atoms with van der Waals surface area (Å²) in [7, 11) is 3.99. The van der Waals surface area contributed by atoms with Gasteiger partial charge in [0.1, 0.15) is 5.82 Å². The highest BCUT2D eigenvalue weighted by Gasteiger charge is 2.44. The fourth-order valence-electron chi connectivity index (χ4n) is 4.82. The van der Waals surface area contributed by atoms with E-state index in [4.69, 9.17) is 0 Å². The Hall–Kier alpha value is -1.71. The first kappa shape index (κ1) is 20.0. The first-order chi connectivity index (χ1) is 13.0. The van der Waals surface area contributed by atoms with Crippen molar-refractivity contribution < 1.29 is 9.50 Å². The summed E-state index contributed by atoms with van der Waals surface area (Å²) in [6, 6.07) is 17.4. The summed E-state index contributed by atoms with van der Waals surface area (Å²) in [5.41, 5.74) is 1.28. The SMILES string of the molecule is CN(C)C(c1ccccc1F)C1CCCCC1(O)CCCc1ccccc1. The zero-order chi connectivity index (χ0) is 19.3. The summed E-state index contributed by atoms with van der Waals surface area (Å²) in [6.45, 7) is 0. The highest BCUT2D eigenvalue weighted by atomic mass is 19.1. The Morgan fingerprint density at radius 2 is 1.78 bits per heavy atom. The van der Waals surface area contributed by atoms with Gasteiger partial charge in [-0.1, -0.05) is 61.4 Å². The molecule has 0 saturated heterocycles. The van der Waals surface area contributed by atoms with E-state index in [-0.39, 0.29) is 17.8 Å². The van der Waals surface area contributed by atoms with E-state index in [2.05, 4.69) is 29.2 Å². The van der Waals surface area contributed by atoms with Gasteiger partial charge in [0.05, 0.1) is 5.60 Å². The summed E-state index contributed by atoms with van der Waals surface area (Å²) in [5.74, 6) is -0.123. The predicted octanol–water partition coefficient (Wildman–Crippen LogP) is 5.37. The Morgan fingerprint density at radius 3 is 2.48 bits per heavy atom. The van der Waals surface area contributed by atoms with Gasteiger partial charge < -0.3 is 10.0 Å². The largest absolute Gasteiger partial charge is 0.390 e. The van der Waals surface area contributed by atoms with Crippen LogP contribution >= 0.6 is 0 Å². The number of hydrogen-bond acceptors (Lipinski definition) is 2. The van der Waals surface area contributed by atoms with Gasteiger partial charge in [-0.3, -0.25) is 0 Å². The summed E-state index contributed by atoms with van der Waals surface area (Å²) >= 11 is 0. The van der Waals surface area contributed by atoms with Crippen molar-refractivity contribution in [3.63, 3.8) is 0 Å². The molecule has 3 unspecified atom stereocenters. The number of hydrogen-bond donors (Lipinski definition) is 1. The molecule has 0 aliphatic heterocycles. The van der Waals surface area contributed by atoms with Crippen LogP contribution in [0.15, 0.2) is 54.6 Å². The van der Waals surface area contributed by atoms with Crippen molar-refractivity contribution in [2.45, 2.75) is 56.6 Å². The van der Waals surface area contributed by atoms with Gasteiger partial charge in [-0.2, -0.15) is 0 Å². The zero-order valence-corrected chi connectivity index (χ0v) is 16.6. The van der Waals surface area contributed by atoms with Crippen molar-refractivity contribution in [1.82, 2.24) is 4.90 Å². The van der Waals surface area contributed by atoms with E-state index in [0.29, 0.717) is 5.56 Å². The maximum absolute atomic E-state index is 14.6. The molecule has 3 heteroatoms. The Labute approximate surface area is 163 Å². The highest BCUT2D eigenvalue weighted by molar-refractivity contribution is 5.23. The molecule has 2 nitrogen and oxygen atoms in total. The third kappa shape index (κ3) is 4.77. The molecule has 27 heavy (non-hydrogen) atoms. The number of aliphatic hydroxyl groups is 1. The van der Waals surface area contributed by atoms with Crippen molar-refractivity contribution in [2.24, 2.45) is 5.92 Å². The van der Waals surface area contributed by atoms with E-state index in [9.17, 15) is 9.50 Å². The molecule has 0 bridgehead atoms. The maximum Gasteiger partial charge on any atom is 0.127 e. The molecule has 0 aromatic heterocycles. The van der Waals surface area contributed by atoms with Gasteiger partial charge in [-0.05, 0) is 57.8 Å². The predicted molar refractivity (Wildman–Crippen MR) is 109 cm³/mol. The van der Waals surface area contributed by atoms with Crippen LogP contribution in [-0.2, 0) is 6.42 Å². The quantitative estimate of drug-likeness (QED) is 0.709. The molecular formula is C24H32FNO. The van der Waals surface area contributed by atoms with Crippen molar-refractivity contribution in [2.75, 3.05) is 14.1 Å². The van der Waals surface area contributed by atoms with E-state index in [0.717, 1.165) is 44.9 Å². The van der Waals surface area contributed by atoms with Crippen molar-refractivity contribution in [3.05, 3.63) is 71.5 Å². The maximum atomic E-state index is 14.6. The molecule has 3 rings (SSSR count). The second kappa shape index (κ2) is 8.99. The second-order valence-electron chi connectivity index (χ2n) is 8.22. The van der Waals surface area contributed by atoms with Crippen LogP contribution in [0.1, 0.15) is 55.7 Å². The molecule has 1 fully saturated rings. The second-order valence-corrected chi connectivity index (χ2v) is 8.22. The lowest BCUT2D eigenvalue weighted by Crippen LogP contribution is -2.47. The van der Waals surface area contributed by atoms with Crippen LogP contribution in [0.4, 0.5) is 4.39 Å². The molecule has 0 radical (unpaired) electrons. The van der Waals surface area contributed by atoms with Crippen LogP contribution in [0.5, 0.6) is 0 Å². The smallest absolute Gasteiger partial charge is 0.127 e. The highest BCUT2D eigenvalue weighted by Crippen LogP contribution is 2.46. The van der Waals surface area contributed by atoms with Crippen LogP contribution in [0, 0.1) is 11.7 Å². The van der Waals surface area contributed by atoms with Crippen molar-refractivity contribution in [3.8, 4) is 0 Å². The molecule has 2 aromatic rings. The molecule has 1 aliphatic rings. The minimum atomic E-state index is -0.732. The molecule has 0 spiro atoms. The Balaban J connectivity index is 1.78. The van der Waals surface area contributed by atoms with E-state index >= 15 is 0 Å². The lowest BCUT2D eigenvalue weighted by atomic mass is 9.67. The van der Waals surface area contributed by atoms with Crippen molar-refractivity contribution >= 4 is 0 Å². The topological polar surface area (TPSA) is 23.5 Å². The summed E-state index contributed by atoms with van der Waals surface area (Å²) in [4.78, 5) is 2.08. The molecule has 2 aromatic carbocycles. The Kier molecular flexibility index (Phi) is 6.67. The van der Waals surface area contributed by atoms with E-state index < -0.39 is 5.60 Å². The fraction of sp³-hybridized carbons (Fsp3) is 0.500. The van der Waals surface area contributed by atoms with Crippen LogP contribution < -0.4 is 0 Å². The zero-order valence-electron chi connectivity index (χ0n) is 16.6. The average Bonchev–Trinajstić information content (AvgIpc) is 2.66. The van der Waals surface area contributed by atoms with Gasteiger partial charge in [-0.25, -0.2) is 4.39 Å². The van der Waals surface area contributed by atoms with E-state index in [1.807, 2.05) is 32.3 Å². The lowest BCUT2D eigenvalue weighted by molar-refractivity contribution is -0.0846. The van der Waals surface area contributed by atoms with Gasteiger partial charge in [0, 0.05) is 17.5 Å². The van der Waals surface area contributed by atoms with Crippen LogP contribution in [0.25, 0.3) is 0 Å². The lowest BCUT2D eigenvalue weighted by Gasteiger charge is -2.46. The minimum absolute atomic E-state index is 0.0499. The molecule has 0 heterocycles. The normalized spacial score (nSPS) is 24.1. The molecule has 0 amide bonds. The Morgan fingerprint density at radius 1 is 1.07 bits per heavy atom. The Bertz CT molecular complexity index is 717. The molecular weight excluding hydrogens is 337 g/mol. The summed E-state index contributed by atoms with van der Waals surface area (Å²) in [6.07, 6.45) is 6.60. The standard InChI is InChI=1S/C24H32FNO/c1-26(2)23(20-14-6-7-16-22(20)25)21-15-8-9-17-24(21,27)18-10-13-19-11-4-3-5-12-19/h3-7,11-12,14,16,21,23,27H,8-10,13,15,17-18H2,1-2H3. The van der Waals surface area contributed by atoms with Crippen molar-refractivity contribution in [1.29, 1.82) is 0 Å². The van der Waals surface area contributed by atoms with Gasteiger partial charge in [-0.15, -0.1) is 0 Å². The summed E-state index contributed by atoms with van der Waals surface area (Å²) < 4.78 is 14.6. The molecule has 3 atom stereocenters. The van der Waals surface area contributed by atoms with Crippen LogP contribution in [0.3, 0.4) is 0 Å². The number of halogens is 1. The number of nitrogens with zero attached hydrogens (tertiary/aromatic N) is 1.